The van der Waals surface area contributed by atoms with E-state index in [0.29, 0.717) is 0 Å². The summed E-state index contributed by atoms with van der Waals surface area (Å²) in [4.78, 5) is 4.85. The van der Waals surface area contributed by atoms with Crippen LogP contribution in [0.25, 0.3) is 50.5 Å². The summed E-state index contributed by atoms with van der Waals surface area (Å²) in [5.74, 6) is 0.948. The molecule has 0 atom stereocenters. The molecule has 0 radical (unpaired) electrons. The Balaban J connectivity index is 1.51. The lowest BCUT2D eigenvalue weighted by Crippen LogP contribution is -2.10. The van der Waals surface area contributed by atoms with Gasteiger partial charge in [0.1, 0.15) is 5.82 Å². The first-order chi connectivity index (χ1) is 21.8. The van der Waals surface area contributed by atoms with Gasteiger partial charge in [-0.05, 0) is 111 Å². The molecule has 0 fully saturated rings. The van der Waals surface area contributed by atoms with Gasteiger partial charge < -0.3 is 0 Å². The second-order valence-electron chi connectivity index (χ2n) is 14.8. The van der Waals surface area contributed by atoms with Crippen LogP contribution in [-0.4, -0.2) is 9.55 Å². The third kappa shape index (κ3) is 6.09. The van der Waals surface area contributed by atoms with Crippen LogP contribution >= 0.6 is 0 Å². The van der Waals surface area contributed by atoms with Crippen molar-refractivity contribution in [2.75, 3.05) is 0 Å². The highest BCUT2D eigenvalue weighted by atomic mass is 15.1. The Morgan fingerprint density at radius 1 is 0.500 bits per heavy atom. The van der Waals surface area contributed by atoms with Crippen LogP contribution in [0.1, 0.15) is 69.4 Å². The first kappa shape index (κ1) is 31.3. The molecule has 2 nitrogen and oxygen atoms in total. The number of imidazole rings is 1. The van der Waals surface area contributed by atoms with Gasteiger partial charge in [-0.3, -0.25) is 4.57 Å². The number of rotatable bonds is 5. The maximum atomic E-state index is 4.85. The van der Waals surface area contributed by atoms with E-state index in [4.69, 9.17) is 4.98 Å². The molecule has 0 saturated heterocycles. The second kappa shape index (κ2) is 11.9. The van der Waals surface area contributed by atoms with Crippen LogP contribution in [0.4, 0.5) is 0 Å². The van der Waals surface area contributed by atoms with Crippen molar-refractivity contribution in [1.82, 2.24) is 9.55 Å². The van der Waals surface area contributed by atoms with Gasteiger partial charge in [0, 0.05) is 18.0 Å². The van der Waals surface area contributed by atoms with Gasteiger partial charge in [-0.1, -0.05) is 126 Å². The van der Waals surface area contributed by atoms with E-state index in [1.54, 1.807) is 0 Å². The highest BCUT2D eigenvalue weighted by molar-refractivity contribution is 5.86. The van der Waals surface area contributed by atoms with Crippen molar-refractivity contribution in [2.45, 2.75) is 73.1 Å². The number of nitrogens with zero attached hydrogens (tertiary/aromatic N) is 2. The van der Waals surface area contributed by atoms with Crippen LogP contribution in [0.2, 0.25) is 0 Å². The molecule has 1 heterocycles. The molecule has 0 bridgehead atoms. The fourth-order valence-corrected chi connectivity index (χ4v) is 6.50. The third-order valence-electron chi connectivity index (χ3n) is 9.31. The van der Waals surface area contributed by atoms with Crippen LogP contribution in [0, 0.1) is 20.8 Å². The average Bonchev–Trinajstić information content (AvgIpc) is 3.50. The molecule has 0 spiro atoms. The van der Waals surface area contributed by atoms with E-state index in [2.05, 4.69) is 176 Å². The minimum atomic E-state index is 0.109. The van der Waals surface area contributed by atoms with Gasteiger partial charge in [-0.25, -0.2) is 4.98 Å². The minimum Gasteiger partial charge on any atom is -0.299 e. The lowest BCUT2D eigenvalue weighted by atomic mass is 9.84. The molecule has 1 aromatic heterocycles. The van der Waals surface area contributed by atoms with E-state index >= 15 is 0 Å². The Morgan fingerprint density at radius 3 is 1.57 bits per heavy atom. The van der Waals surface area contributed by atoms with Crippen LogP contribution in [0.5, 0.6) is 0 Å². The first-order valence-corrected chi connectivity index (χ1v) is 16.4. The molecular weight excluding hydrogens is 556 g/mol. The van der Waals surface area contributed by atoms with Crippen LogP contribution < -0.4 is 0 Å². The number of aryl methyl sites for hydroxylation is 2. The molecule has 5 aromatic carbocycles. The molecule has 0 aliphatic carbocycles. The van der Waals surface area contributed by atoms with Gasteiger partial charge in [-0.2, -0.15) is 0 Å². The summed E-state index contributed by atoms with van der Waals surface area (Å²) in [6.45, 7) is 20.2. The predicted molar refractivity (Wildman–Crippen MR) is 197 cm³/mol. The molecule has 0 aliphatic heterocycles. The van der Waals surface area contributed by atoms with Crippen molar-refractivity contribution >= 4 is 0 Å². The summed E-state index contributed by atoms with van der Waals surface area (Å²) in [7, 11) is 0. The summed E-state index contributed by atoms with van der Waals surface area (Å²) < 4.78 is 2.23. The lowest BCUT2D eigenvalue weighted by Gasteiger charge is -2.21. The van der Waals surface area contributed by atoms with E-state index in [9.17, 15) is 0 Å². The predicted octanol–water partition coefficient (Wildman–Crippen LogP) is 12.1. The van der Waals surface area contributed by atoms with Gasteiger partial charge in [0.25, 0.3) is 0 Å². The molecule has 6 rings (SSSR count). The Bertz CT molecular complexity index is 1990. The standard InChI is InChI=1S/C44H46N2/c1-29-12-10-13-30(2)41(29)46-25-24-45-42(46)35-15-11-14-34(26-35)40-28-36(32-16-20-37(21-17-32)43(4,5)6)27-39(31(40)3)33-18-22-38(23-19-33)44(7,8)9/h10-28H,1-9H3. The number of benzene rings is 5. The van der Waals surface area contributed by atoms with E-state index < -0.39 is 0 Å². The van der Waals surface area contributed by atoms with Crippen LogP contribution in [-0.2, 0) is 10.8 Å². The summed E-state index contributed by atoms with van der Waals surface area (Å²) in [6, 6.07) is 38.3. The van der Waals surface area contributed by atoms with Gasteiger partial charge in [0.05, 0.1) is 5.69 Å². The largest absolute Gasteiger partial charge is 0.299 e. The zero-order chi connectivity index (χ0) is 32.8. The smallest absolute Gasteiger partial charge is 0.144 e. The molecule has 0 N–H and O–H groups in total. The number of hydrogen-bond acceptors (Lipinski definition) is 1. The van der Waals surface area contributed by atoms with E-state index in [0.717, 1.165) is 11.4 Å². The Kier molecular flexibility index (Phi) is 8.11. The Hall–Kier alpha value is -4.69. The molecule has 6 aromatic rings. The zero-order valence-corrected chi connectivity index (χ0v) is 28.9. The van der Waals surface area contributed by atoms with Crippen LogP contribution in [0.3, 0.4) is 0 Å². The van der Waals surface area contributed by atoms with Crippen molar-refractivity contribution < 1.29 is 0 Å². The Labute approximate surface area is 275 Å². The van der Waals surface area contributed by atoms with Gasteiger partial charge >= 0.3 is 0 Å². The molecule has 232 valence electrons. The fourth-order valence-electron chi connectivity index (χ4n) is 6.50. The number of para-hydroxylation sites is 1. The van der Waals surface area contributed by atoms with Crippen molar-refractivity contribution in [3.8, 4) is 50.5 Å². The average molecular weight is 603 g/mol. The zero-order valence-electron chi connectivity index (χ0n) is 28.9. The highest BCUT2D eigenvalue weighted by Gasteiger charge is 2.18. The molecule has 0 unspecified atom stereocenters. The van der Waals surface area contributed by atoms with Crippen molar-refractivity contribution in [3.63, 3.8) is 0 Å². The molecule has 0 aliphatic rings. The fraction of sp³-hybridized carbons (Fsp3) is 0.250. The molecule has 0 amide bonds. The van der Waals surface area contributed by atoms with Crippen molar-refractivity contribution in [1.29, 1.82) is 0 Å². The molecule has 46 heavy (non-hydrogen) atoms. The quantitative estimate of drug-likeness (QED) is 0.192. The minimum absolute atomic E-state index is 0.109. The maximum absolute atomic E-state index is 4.85. The lowest BCUT2D eigenvalue weighted by molar-refractivity contribution is 0.590. The van der Waals surface area contributed by atoms with E-state index in [1.807, 2.05) is 6.20 Å². The van der Waals surface area contributed by atoms with Gasteiger partial charge in [-0.15, -0.1) is 0 Å². The SMILES string of the molecule is Cc1cccc(C)c1-n1ccnc1-c1cccc(-c2cc(-c3ccc(C(C)(C)C)cc3)cc(-c3ccc(C(C)(C)C)cc3)c2C)c1. The molecule has 2 heteroatoms. The second-order valence-corrected chi connectivity index (χ2v) is 14.8. The number of aromatic nitrogens is 2. The summed E-state index contributed by atoms with van der Waals surface area (Å²) in [5.41, 5.74) is 16.3. The van der Waals surface area contributed by atoms with Gasteiger partial charge in [0.2, 0.25) is 0 Å². The Morgan fingerprint density at radius 2 is 1.00 bits per heavy atom. The monoisotopic (exact) mass is 602 g/mol. The van der Waals surface area contributed by atoms with Gasteiger partial charge in [0.15, 0.2) is 0 Å². The maximum Gasteiger partial charge on any atom is 0.144 e. The number of hydrogen-bond donors (Lipinski definition) is 0. The van der Waals surface area contributed by atoms with Crippen LogP contribution in [0.15, 0.2) is 116 Å². The third-order valence-corrected chi connectivity index (χ3v) is 9.31. The topological polar surface area (TPSA) is 17.8 Å². The van der Waals surface area contributed by atoms with Crippen molar-refractivity contribution in [3.05, 3.63) is 143 Å². The van der Waals surface area contributed by atoms with E-state index in [-0.39, 0.29) is 10.8 Å². The molecular formula is C44H46N2. The highest BCUT2D eigenvalue weighted by Crippen LogP contribution is 2.39. The summed E-state index contributed by atoms with van der Waals surface area (Å²) in [6.07, 6.45) is 3.98. The molecule has 0 saturated carbocycles. The summed E-state index contributed by atoms with van der Waals surface area (Å²) in [5, 5.41) is 0. The normalized spacial score (nSPS) is 12.0. The first-order valence-electron chi connectivity index (χ1n) is 16.4. The van der Waals surface area contributed by atoms with Crippen molar-refractivity contribution in [2.24, 2.45) is 0 Å². The van der Waals surface area contributed by atoms with E-state index in [1.165, 1.54) is 66.9 Å². The summed E-state index contributed by atoms with van der Waals surface area (Å²) >= 11 is 0.